The molecule has 1 aliphatic heterocycles. The van der Waals surface area contributed by atoms with E-state index < -0.39 is 5.97 Å². The highest BCUT2D eigenvalue weighted by Gasteiger charge is 2.23. The zero-order chi connectivity index (χ0) is 22.5. The predicted molar refractivity (Wildman–Crippen MR) is 115 cm³/mol. The van der Waals surface area contributed by atoms with Gasteiger partial charge in [-0.25, -0.2) is 4.79 Å². The van der Waals surface area contributed by atoms with Gasteiger partial charge in [0.15, 0.2) is 12.4 Å². The molecule has 0 radical (unpaired) electrons. The lowest BCUT2D eigenvalue weighted by Crippen LogP contribution is -2.35. The van der Waals surface area contributed by atoms with Gasteiger partial charge in [0.1, 0.15) is 5.75 Å². The van der Waals surface area contributed by atoms with Crippen molar-refractivity contribution in [3.05, 3.63) is 53.6 Å². The van der Waals surface area contributed by atoms with Crippen molar-refractivity contribution in [1.82, 2.24) is 0 Å². The highest BCUT2D eigenvalue weighted by atomic mass is 16.5. The van der Waals surface area contributed by atoms with Crippen molar-refractivity contribution >= 4 is 34.9 Å². The van der Waals surface area contributed by atoms with Crippen LogP contribution >= 0.6 is 0 Å². The molecule has 0 fully saturated rings. The third-order valence-electron chi connectivity index (χ3n) is 4.67. The molecule has 3 rings (SSSR count). The summed E-state index contributed by atoms with van der Waals surface area (Å²) in [5.41, 5.74) is 1.70. The summed E-state index contributed by atoms with van der Waals surface area (Å²) >= 11 is 0. The molecule has 0 aliphatic carbocycles. The quantitative estimate of drug-likeness (QED) is 0.541. The zero-order valence-electron chi connectivity index (χ0n) is 17.6. The Bertz CT molecular complexity index is 1030. The van der Waals surface area contributed by atoms with Crippen molar-refractivity contribution in [3.8, 4) is 5.75 Å². The molecule has 1 N–H and O–H groups in total. The Morgan fingerprint density at radius 1 is 1.10 bits per heavy atom. The van der Waals surface area contributed by atoms with E-state index in [0.717, 1.165) is 0 Å². The summed E-state index contributed by atoms with van der Waals surface area (Å²) in [6, 6.07) is 11.3. The number of likely N-dealkylation sites (N-methyl/N-ethyl adjacent to an activating group) is 1. The van der Waals surface area contributed by atoms with E-state index in [1.807, 2.05) is 0 Å². The molecule has 0 saturated heterocycles. The molecule has 2 aromatic carbocycles. The van der Waals surface area contributed by atoms with Gasteiger partial charge in [0.05, 0.1) is 17.4 Å². The molecule has 2 amide bonds. The first-order valence-corrected chi connectivity index (χ1v) is 9.92. The van der Waals surface area contributed by atoms with Crippen LogP contribution in [0.25, 0.3) is 0 Å². The van der Waals surface area contributed by atoms with Gasteiger partial charge in [-0.3, -0.25) is 14.4 Å². The molecule has 0 saturated carbocycles. The molecule has 0 atom stereocenters. The van der Waals surface area contributed by atoms with Crippen molar-refractivity contribution in [3.63, 3.8) is 0 Å². The number of anilines is 2. The molecule has 0 aromatic heterocycles. The standard InChI is InChI=1S/C23H24N2O6/c1-14(2)31-23(29)16-5-4-6-17(11-16)24-21(27)10-8-19(26)15-7-9-20-18(12-15)25(3)22(28)13-30-20/h4-7,9,11-12,14H,8,10,13H2,1-3H3,(H,24,27). The number of hydrogen-bond acceptors (Lipinski definition) is 6. The lowest BCUT2D eigenvalue weighted by atomic mass is 10.0. The number of carbonyl (C=O) groups is 4. The summed E-state index contributed by atoms with van der Waals surface area (Å²) in [5, 5.41) is 2.69. The molecule has 8 nitrogen and oxygen atoms in total. The number of ketones is 1. The first kappa shape index (κ1) is 22.0. The fourth-order valence-corrected chi connectivity index (χ4v) is 3.05. The van der Waals surface area contributed by atoms with Gasteiger partial charge in [-0.05, 0) is 50.2 Å². The van der Waals surface area contributed by atoms with E-state index in [1.165, 1.54) is 11.0 Å². The molecular weight excluding hydrogens is 400 g/mol. The van der Waals surface area contributed by atoms with Crippen LogP contribution in [0.15, 0.2) is 42.5 Å². The molecular formula is C23H24N2O6. The molecule has 2 aromatic rings. The largest absolute Gasteiger partial charge is 0.482 e. The van der Waals surface area contributed by atoms with Gasteiger partial charge in [-0.15, -0.1) is 0 Å². The Balaban J connectivity index is 1.58. The van der Waals surface area contributed by atoms with E-state index in [-0.39, 0.29) is 43.2 Å². The number of esters is 1. The zero-order valence-corrected chi connectivity index (χ0v) is 17.6. The second-order valence-corrected chi connectivity index (χ2v) is 7.43. The summed E-state index contributed by atoms with van der Waals surface area (Å²) in [4.78, 5) is 50.0. The number of fused-ring (bicyclic) bond motifs is 1. The van der Waals surface area contributed by atoms with Crippen LogP contribution in [0.2, 0.25) is 0 Å². The summed E-state index contributed by atoms with van der Waals surface area (Å²) in [6.07, 6.45) is -0.273. The number of carbonyl (C=O) groups excluding carboxylic acids is 4. The molecule has 1 aliphatic rings. The maximum Gasteiger partial charge on any atom is 0.338 e. The van der Waals surface area contributed by atoms with Gasteiger partial charge in [0.2, 0.25) is 5.91 Å². The van der Waals surface area contributed by atoms with Crippen LogP contribution in [-0.2, 0) is 14.3 Å². The minimum Gasteiger partial charge on any atom is -0.482 e. The van der Waals surface area contributed by atoms with E-state index in [1.54, 1.807) is 57.3 Å². The fourth-order valence-electron chi connectivity index (χ4n) is 3.05. The van der Waals surface area contributed by atoms with E-state index in [9.17, 15) is 19.2 Å². The average molecular weight is 424 g/mol. The highest BCUT2D eigenvalue weighted by Crippen LogP contribution is 2.32. The van der Waals surface area contributed by atoms with Crippen molar-refractivity contribution in [2.75, 3.05) is 23.9 Å². The van der Waals surface area contributed by atoms with Gasteiger partial charge < -0.3 is 19.7 Å². The Labute approximate surface area is 180 Å². The van der Waals surface area contributed by atoms with Crippen LogP contribution in [-0.4, -0.2) is 43.3 Å². The van der Waals surface area contributed by atoms with Crippen LogP contribution in [0.4, 0.5) is 11.4 Å². The fraction of sp³-hybridized carbons (Fsp3) is 0.304. The van der Waals surface area contributed by atoms with E-state index in [2.05, 4.69) is 5.32 Å². The molecule has 0 bridgehead atoms. The lowest BCUT2D eigenvalue weighted by molar-refractivity contribution is -0.121. The number of benzene rings is 2. The number of nitrogens with one attached hydrogen (secondary N) is 1. The minimum atomic E-state index is -0.471. The number of Topliss-reactive ketones (excluding diaryl/α,β-unsaturated/α-hetero) is 1. The van der Waals surface area contributed by atoms with Gasteiger partial charge >= 0.3 is 5.97 Å². The SMILES string of the molecule is CC(C)OC(=O)c1cccc(NC(=O)CCC(=O)c2ccc3c(c2)N(C)C(=O)CO3)c1. The Hall–Kier alpha value is -3.68. The van der Waals surface area contributed by atoms with E-state index >= 15 is 0 Å². The van der Waals surface area contributed by atoms with Crippen molar-refractivity contribution in [2.45, 2.75) is 32.8 Å². The average Bonchev–Trinajstić information content (AvgIpc) is 2.74. The van der Waals surface area contributed by atoms with Gasteiger partial charge in [0.25, 0.3) is 5.91 Å². The number of amides is 2. The highest BCUT2D eigenvalue weighted by molar-refractivity contribution is 6.03. The number of ether oxygens (including phenoxy) is 2. The molecule has 31 heavy (non-hydrogen) atoms. The summed E-state index contributed by atoms with van der Waals surface area (Å²) < 4.78 is 10.5. The topological polar surface area (TPSA) is 102 Å². The van der Waals surface area contributed by atoms with Crippen LogP contribution in [0.5, 0.6) is 5.75 Å². The lowest BCUT2D eigenvalue weighted by Gasteiger charge is -2.26. The van der Waals surface area contributed by atoms with Gasteiger partial charge in [0, 0.05) is 31.1 Å². The number of nitrogens with zero attached hydrogens (tertiary/aromatic N) is 1. The molecule has 0 unspecified atom stereocenters. The number of rotatable bonds is 7. The third kappa shape index (κ3) is 5.48. The maximum absolute atomic E-state index is 12.5. The normalized spacial score (nSPS) is 12.8. The molecule has 0 spiro atoms. The Morgan fingerprint density at radius 3 is 2.61 bits per heavy atom. The molecule has 1 heterocycles. The van der Waals surface area contributed by atoms with Gasteiger partial charge in [-0.1, -0.05) is 6.07 Å². The van der Waals surface area contributed by atoms with Crippen LogP contribution in [0.3, 0.4) is 0 Å². The maximum atomic E-state index is 12.5. The van der Waals surface area contributed by atoms with Gasteiger partial charge in [-0.2, -0.15) is 0 Å². The minimum absolute atomic E-state index is 0.00177. The van der Waals surface area contributed by atoms with Crippen LogP contribution in [0.1, 0.15) is 47.4 Å². The van der Waals surface area contributed by atoms with Crippen LogP contribution in [0, 0.1) is 0 Å². The van der Waals surface area contributed by atoms with Crippen molar-refractivity contribution in [2.24, 2.45) is 0 Å². The summed E-state index contributed by atoms with van der Waals surface area (Å²) in [6.45, 7) is 3.48. The first-order valence-electron chi connectivity index (χ1n) is 9.92. The monoisotopic (exact) mass is 424 g/mol. The second kappa shape index (κ2) is 9.42. The first-order chi connectivity index (χ1) is 14.7. The molecule has 162 valence electrons. The third-order valence-corrected chi connectivity index (χ3v) is 4.67. The summed E-state index contributed by atoms with van der Waals surface area (Å²) in [7, 11) is 1.62. The predicted octanol–water partition coefficient (Wildman–Crippen LogP) is 3.21. The smallest absolute Gasteiger partial charge is 0.338 e. The van der Waals surface area contributed by atoms with Crippen molar-refractivity contribution < 1.29 is 28.7 Å². The van der Waals surface area contributed by atoms with Crippen LogP contribution < -0.4 is 15.0 Å². The van der Waals surface area contributed by atoms with E-state index in [4.69, 9.17) is 9.47 Å². The molecule has 8 heteroatoms. The summed E-state index contributed by atoms with van der Waals surface area (Å²) in [5.74, 6) is -0.709. The van der Waals surface area contributed by atoms with Crippen molar-refractivity contribution in [1.29, 1.82) is 0 Å². The number of hydrogen-bond donors (Lipinski definition) is 1. The van der Waals surface area contributed by atoms with E-state index in [0.29, 0.717) is 28.3 Å². The Kier molecular flexibility index (Phi) is 6.69. The second-order valence-electron chi connectivity index (χ2n) is 7.43. The Morgan fingerprint density at radius 2 is 1.87 bits per heavy atom.